The van der Waals surface area contributed by atoms with Crippen LogP contribution in [0.3, 0.4) is 0 Å². The van der Waals surface area contributed by atoms with Gasteiger partial charge in [0.2, 0.25) is 0 Å². The summed E-state index contributed by atoms with van der Waals surface area (Å²) in [6.45, 7) is 3.85. The number of halogens is 1. The van der Waals surface area contributed by atoms with Gasteiger partial charge in [-0.2, -0.15) is 0 Å². The summed E-state index contributed by atoms with van der Waals surface area (Å²) in [4.78, 5) is 22.7. The number of Topliss-reactive ketones (excluding diaryl/α,β-unsaturated/α-hetero) is 1. The van der Waals surface area contributed by atoms with E-state index in [0.29, 0.717) is 12.2 Å². The number of carbonyl (C=O) groups is 2. The molecule has 0 saturated carbocycles. The van der Waals surface area contributed by atoms with Crippen molar-refractivity contribution in [3.8, 4) is 0 Å². The minimum Gasteiger partial charge on any atom is -0.466 e. The molecule has 3 nitrogen and oxygen atoms in total. The normalized spacial score (nSPS) is 10.2. The van der Waals surface area contributed by atoms with Crippen LogP contribution in [0.4, 0.5) is 4.39 Å². The first-order valence-electron chi connectivity index (χ1n) is 5.95. The SMILES string of the molecule is CCOC(=O)CCC(=O)Cc1cc(C)ccc1F. The maximum atomic E-state index is 13.4. The zero-order valence-electron chi connectivity index (χ0n) is 10.7. The molecular formula is C14H17FO3. The molecule has 1 aromatic rings. The van der Waals surface area contributed by atoms with Crippen molar-refractivity contribution in [2.24, 2.45) is 0 Å². The van der Waals surface area contributed by atoms with Gasteiger partial charge in [0.1, 0.15) is 11.6 Å². The van der Waals surface area contributed by atoms with Crippen LogP contribution in [0.1, 0.15) is 30.9 Å². The van der Waals surface area contributed by atoms with E-state index in [1.54, 1.807) is 19.1 Å². The molecule has 0 N–H and O–H groups in total. The third-order valence-electron chi connectivity index (χ3n) is 2.50. The Morgan fingerprint density at radius 2 is 2.00 bits per heavy atom. The maximum Gasteiger partial charge on any atom is 0.306 e. The van der Waals surface area contributed by atoms with E-state index in [2.05, 4.69) is 0 Å². The summed E-state index contributed by atoms with van der Waals surface area (Å²) < 4.78 is 18.1. The summed E-state index contributed by atoms with van der Waals surface area (Å²) in [5, 5.41) is 0. The molecule has 0 aliphatic heterocycles. The van der Waals surface area contributed by atoms with E-state index in [1.807, 2.05) is 6.92 Å². The van der Waals surface area contributed by atoms with Crippen molar-refractivity contribution in [1.82, 2.24) is 0 Å². The van der Waals surface area contributed by atoms with Crippen LogP contribution in [0.2, 0.25) is 0 Å². The largest absolute Gasteiger partial charge is 0.466 e. The van der Waals surface area contributed by atoms with Crippen molar-refractivity contribution in [1.29, 1.82) is 0 Å². The van der Waals surface area contributed by atoms with Gasteiger partial charge in [0.15, 0.2) is 0 Å². The quantitative estimate of drug-likeness (QED) is 0.731. The molecule has 18 heavy (non-hydrogen) atoms. The molecule has 0 aliphatic carbocycles. The Hall–Kier alpha value is -1.71. The van der Waals surface area contributed by atoms with E-state index >= 15 is 0 Å². The van der Waals surface area contributed by atoms with E-state index in [-0.39, 0.29) is 30.9 Å². The molecule has 98 valence electrons. The van der Waals surface area contributed by atoms with E-state index in [0.717, 1.165) is 5.56 Å². The first kappa shape index (κ1) is 14.4. The maximum absolute atomic E-state index is 13.4. The Balaban J connectivity index is 2.49. The first-order valence-corrected chi connectivity index (χ1v) is 5.95. The molecule has 0 bridgehead atoms. The molecule has 0 saturated heterocycles. The molecule has 0 unspecified atom stereocenters. The number of benzene rings is 1. The van der Waals surface area contributed by atoms with Gasteiger partial charge in [0, 0.05) is 12.8 Å². The smallest absolute Gasteiger partial charge is 0.306 e. The van der Waals surface area contributed by atoms with Gasteiger partial charge >= 0.3 is 5.97 Å². The number of hydrogen-bond donors (Lipinski definition) is 0. The van der Waals surface area contributed by atoms with Crippen molar-refractivity contribution < 1.29 is 18.7 Å². The second-order valence-electron chi connectivity index (χ2n) is 4.12. The van der Waals surface area contributed by atoms with Crippen molar-refractivity contribution in [3.05, 3.63) is 35.1 Å². The first-order chi connectivity index (χ1) is 8.52. The molecule has 0 aliphatic rings. The number of hydrogen-bond acceptors (Lipinski definition) is 3. The molecule has 0 fully saturated rings. The van der Waals surface area contributed by atoms with E-state index in [1.165, 1.54) is 6.07 Å². The second kappa shape index (κ2) is 6.89. The van der Waals surface area contributed by atoms with Crippen LogP contribution in [0.5, 0.6) is 0 Å². The third kappa shape index (κ3) is 4.65. The standard InChI is InChI=1S/C14H17FO3/c1-3-18-14(17)7-5-12(16)9-11-8-10(2)4-6-13(11)15/h4,6,8H,3,5,7,9H2,1-2H3. The molecule has 0 amide bonds. The molecule has 0 atom stereocenters. The van der Waals surface area contributed by atoms with Gasteiger partial charge in [0.25, 0.3) is 0 Å². The fourth-order valence-corrected chi connectivity index (χ4v) is 1.61. The average Bonchev–Trinajstić information content (AvgIpc) is 2.32. The van der Waals surface area contributed by atoms with E-state index in [9.17, 15) is 14.0 Å². The minimum atomic E-state index is -0.393. The van der Waals surface area contributed by atoms with Crippen LogP contribution >= 0.6 is 0 Å². The highest BCUT2D eigenvalue weighted by Gasteiger charge is 2.11. The molecule has 0 aromatic heterocycles. The van der Waals surface area contributed by atoms with Crippen molar-refractivity contribution in [2.45, 2.75) is 33.1 Å². The van der Waals surface area contributed by atoms with Crippen LogP contribution in [-0.4, -0.2) is 18.4 Å². The van der Waals surface area contributed by atoms with E-state index < -0.39 is 5.97 Å². The summed E-state index contributed by atoms with van der Waals surface area (Å²) in [5.41, 5.74) is 1.29. The van der Waals surface area contributed by atoms with Crippen LogP contribution in [0.25, 0.3) is 0 Å². The minimum absolute atomic E-state index is 0.0208. The number of ether oxygens (including phenoxy) is 1. The molecule has 0 heterocycles. The average molecular weight is 252 g/mol. The second-order valence-corrected chi connectivity index (χ2v) is 4.12. The monoisotopic (exact) mass is 252 g/mol. The number of aryl methyl sites for hydroxylation is 1. The Morgan fingerprint density at radius 1 is 1.28 bits per heavy atom. The Kier molecular flexibility index (Phi) is 5.49. The topological polar surface area (TPSA) is 43.4 Å². The van der Waals surface area contributed by atoms with Gasteiger partial charge in [-0.15, -0.1) is 0 Å². The van der Waals surface area contributed by atoms with Crippen LogP contribution in [0, 0.1) is 12.7 Å². The van der Waals surface area contributed by atoms with Crippen LogP contribution in [0.15, 0.2) is 18.2 Å². The lowest BCUT2D eigenvalue weighted by molar-refractivity contribution is -0.144. The van der Waals surface area contributed by atoms with Gasteiger partial charge in [-0.05, 0) is 25.5 Å². The zero-order valence-corrected chi connectivity index (χ0v) is 10.7. The Morgan fingerprint density at radius 3 is 2.67 bits per heavy atom. The van der Waals surface area contributed by atoms with Gasteiger partial charge in [0.05, 0.1) is 13.0 Å². The predicted molar refractivity (Wildman–Crippen MR) is 65.7 cm³/mol. The lowest BCUT2D eigenvalue weighted by Crippen LogP contribution is -2.10. The highest BCUT2D eigenvalue weighted by Crippen LogP contribution is 2.12. The third-order valence-corrected chi connectivity index (χ3v) is 2.50. The summed E-state index contributed by atoms with van der Waals surface area (Å²) in [6.07, 6.45) is 0.166. The molecule has 1 aromatic carbocycles. The van der Waals surface area contributed by atoms with Crippen LogP contribution in [-0.2, 0) is 20.7 Å². The molecular weight excluding hydrogens is 235 g/mol. The summed E-state index contributed by atoms with van der Waals surface area (Å²) >= 11 is 0. The number of carbonyl (C=O) groups excluding carboxylic acids is 2. The number of esters is 1. The fraction of sp³-hybridized carbons (Fsp3) is 0.429. The van der Waals surface area contributed by atoms with Crippen LogP contribution < -0.4 is 0 Å². The van der Waals surface area contributed by atoms with Gasteiger partial charge < -0.3 is 4.74 Å². The lowest BCUT2D eigenvalue weighted by Gasteiger charge is -2.04. The summed E-state index contributed by atoms with van der Waals surface area (Å²) in [5.74, 6) is -0.937. The van der Waals surface area contributed by atoms with E-state index in [4.69, 9.17) is 4.74 Å². The van der Waals surface area contributed by atoms with Gasteiger partial charge in [-0.3, -0.25) is 9.59 Å². The highest BCUT2D eigenvalue weighted by atomic mass is 19.1. The Bertz CT molecular complexity index is 441. The lowest BCUT2D eigenvalue weighted by atomic mass is 10.0. The van der Waals surface area contributed by atoms with Gasteiger partial charge in [-0.25, -0.2) is 4.39 Å². The molecule has 4 heteroatoms. The van der Waals surface area contributed by atoms with Crippen molar-refractivity contribution in [2.75, 3.05) is 6.61 Å². The van der Waals surface area contributed by atoms with Gasteiger partial charge in [-0.1, -0.05) is 17.7 Å². The highest BCUT2D eigenvalue weighted by molar-refractivity contribution is 5.84. The molecule has 1 rings (SSSR count). The summed E-state index contributed by atoms with van der Waals surface area (Å²) in [6, 6.07) is 4.66. The molecule has 0 spiro atoms. The molecule has 0 radical (unpaired) electrons. The van der Waals surface area contributed by atoms with Crippen molar-refractivity contribution in [3.63, 3.8) is 0 Å². The summed E-state index contributed by atoms with van der Waals surface area (Å²) in [7, 11) is 0. The zero-order chi connectivity index (χ0) is 13.5. The fourth-order valence-electron chi connectivity index (χ4n) is 1.61. The Labute approximate surface area is 106 Å². The number of rotatable bonds is 6. The van der Waals surface area contributed by atoms with Crippen molar-refractivity contribution >= 4 is 11.8 Å². The predicted octanol–water partition coefficient (Wildman–Crippen LogP) is 2.59. The number of ketones is 1.